The maximum atomic E-state index is 12.2. The number of amides is 1. The van der Waals surface area contributed by atoms with Crippen LogP contribution >= 0.6 is 11.8 Å². The number of thioether (sulfide) groups is 1. The summed E-state index contributed by atoms with van der Waals surface area (Å²) in [5, 5.41) is 8.44. The van der Waals surface area contributed by atoms with Crippen LogP contribution in [0, 0.1) is 0 Å². The second-order valence-electron chi connectivity index (χ2n) is 5.27. The van der Waals surface area contributed by atoms with Crippen molar-refractivity contribution in [2.75, 3.05) is 26.0 Å². The molecule has 2 rings (SSSR count). The second-order valence-corrected chi connectivity index (χ2v) is 6.20. The molecule has 0 aliphatic rings. The first-order chi connectivity index (χ1) is 11.7. The van der Waals surface area contributed by atoms with Gasteiger partial charge in [0.05, 0.1) is 12.9 Å². The summed E-state index contributed by atoms with van der Waals surface area (Å²) in [4.78, 5) is 14.1. The fourth-order valence-electron chi connectivity index (χ4n) is 2.23. The molecule has 0 fully saturated rings. The molecule has 0 bridgehead atoms. The number of carbonyl (C=O) groups excluding carboxylic acids is 1. The Morgan fingerprint density at radius 3 is 2.42 bits per heavy atom. The van der Waals surface area contributed by atoms with Crippen molar-refractivity contribution in [2.45, 2.75) is 31.9 Å². The van der Waals surface area contributed by atoms with E-state index in [1.807, 2.05) is 29.2 Å². The zero-order valence-corrected chi connectivity index (χ0v) is 15.1. The van der Waals surface area contributed by atoms with Gasteiger partial charge in [-0.05, 0) is 37.1 Å². The molecule has 1 aromatic heterocycles. The van der Waals surface area contributed by atoms with Crippen molar-refractivity contribution < 1.29 is 13.9 Å². The van der Waals surface area contributed by atoms with E-state index in [1.165, 1.54) is 11.8 Å². The Hall–Kier alpha value is -2.02. The van der Waals surface area contributed by atoms with Gasteiger partial charge in [-0.1, -0.05) is 25.6 Å². The van der Waals surface area contributed by atoms with Gasteiger partial charge in [0.2, 0.25) is 11.8 Å². The molecule has 0 N–H and O–H groups in total. The average molecular weight is 349 g/mol. The summed E-state index contributed by atoms with van der Waals surface area (Å²) in [6.07, 6.45) is 1.91. The van der Waals surface area contributed by atoms with Crippen molar-refractivity contribution in [3.63, 3.8) is 0 Å². The van der Waals surface area contributed by atoms with Gasteiger partial charge < -0.3 is 14.1 Å². The van der Waals surface area contributed by atoms with Crippen LogP contribution in [-0.2, 0) is 4.79 Å². The van der Waals surface area contributed by atoms with Crippen LogP contribution in [0.3, 0.4) is 0 Å². The van der Waals surface area contributed by atoms with Gasteiger partial charge >= 0.3 is 0 Å². The number of ether oxygens (including phenoxy) is 1. The SMILES string of the molecule is CCCN(CCC)C(=O)CSc1nnc(-c2ccc(OC)cc2)o1. The molecule has 0 unspecified atom stereocenters. The van der Waals surface area contributed by atoms with E-state index in [4.69, 9.17) is 9.15 Å². The van der Waals surface area contributed by atoms with E-state index in [-0.39, 0.29) is 5.91 Å². The second kappa shape index (κ2) is 9.32. The molecule has 1 aromatic carbocycles. The van der Waals surface area contributed by atoms with Gasteiger partial charge in [0.1, 0.15) is 5.75 Å². The van der Waals surface area contributed by atoms with E-state index in [9.17, 15) is 4.79 Å². The van der Waals surface area contributed by atoms with Crippen LogP contribution in [0.15, 0.2) is 33.9 Å². The maximum Gasteiger partial charge on any atom is 0.277 e. The number of methoxy groups -OCH3 is 1. The summed E-state index contributed by atoms with van der Waals surface area (Å²) in [6.45, 7) is 5.72. The summed E-state index contributed by atoms with van der Waals surface area (Å²) in [5.41, 5.74) is 0.820. The highest BCUT2D eigenvalue weighted by atomic mass is 32.2. The molecule has 6 nitrogen and oxygen atoms in total. The van der Waals surface area contributed by atoms with E-state index in [0.717, 1.165) is 37.2 Å². The minimum Gasteiger partial charge on any atom is -0.497 e. The molecule has 0 aliphatic heterocycles. The first kappa shape index (κ1) is 18.3. The van der Waals surface area contributed by atoms with Crippen molar-refractivity contribution in [3.8, 4) is 17.2 Å². The van der Waals surface area contributed by atoms with Crippen LogP contribution in [0.5, 0.6) is 5.75 Å². The maximum absolute atomic E-state index is 12.2. The number of hydrogen-bond acceptors (Lipinski definition) is 6. The quantitative estimate of drug-likeness (QED) is 0.646. The molecule has 0 atom stereocenters. The molecular weight excluding hydrogens is 326 g/mol. The predicted octanol–water partition coefficient (Wildman–Crippen LogP) is 3.49. The molecule has 0 spiro atoms. The fourth-order valence-corrected chi connectivity index (χ4v) is 2.90. The predicted molar refractivity (Wildman–Crippen MR) is 94.2 cm³/mol. The Kier molecular flexibility index (Phi) is 7.11. The average Bonchev–Trinajstić information content (AvgIpc) is 3.08. The summed E-state index contributed by atoms with van der Waals surface area (Å²) >= 11 is 1.28. The molecule has 0 saturated carbocycles. The van der Waals surface area contributed by atoms with Crippen molar-refractivity contribution >= 4 is 17.7 Å². The third kappa shape index (κ3) is 4.99. The molecule has 0 radical (unpaired) electrons. The number of carbonyl (C=O) groups is 1. The monoisotopic (exact) mass is 349 g/mol. The first-order valence-corrected chi connectivity index (χ1v) is 9.05. The normalized spacial score (nSPS) is 10.6. The zero-order chi connectivity index (χ0) is 17.4. The molecule has 0 aliphatic carbocycles. The summed E-state index contributed by atoms with van der Waals surface area (Å²) in [5.74, 6) is 1.62. The first-order valence-electron chi connectivity index (χ1n) is 8.06. The molecule has 130 valence electrons. The molecule has 1 heterocycles. The van der Waals surface area contributed by atoms with E-state index in [0.29, 0.717) is 16.9 Å². The topological polar surface area (TPSA) is 68.5 Å². The Morgan fingerprint density at radius 2 is 1.83 bits per heavy atom. The lowest BCUT2D eigenvalue weighted by Crippen LogP contribution is -2.33. The van der Waals surface area contributed by atoms with Crippen LogP contribution in [0.1, 0.15) is 26.7 Å². The minimum atomic E-state index is 0.105. The van der Waals surface area contributed by atoms with Crippen LogP contribution in [-0.4, -0.2) is 47.0 Å². The Morgan fingerprint density at radius 1 is 1.17 bits per heavy atom. The lowest BCUT2D eigenvalue weighted by atomic mass is 10.2. The van der Waals surface area contributed by atoms with E-state index < -0.39 is 0 Å². The van der Waals surface area contributed by atoms with Crippen LogP contribution in [0.25, 0.3) is 11.5 Å². The van der Waals surface area contributed by atoms with Crippen LogP contribution in [0.2, 0.25) is 0 Å². The minimum absolute atomic E-state index is 0.105. The smallest absolute Gasteiger partial charge is 0.277 e. The van der Waals surface area contributed by atoms with Crippen molar-refractivity contribution in [1.82, 2.24) is 15.1 Å². The van der Waals surface area contributed by atoms with Gasteiger partial charge in [-0.3, -0.25) is 4.79 Å². The number of benzene rings is 1. The number of rotatable bonds is 9. The third-order valence-electron chi connectivity index (χ3n) is 3.40. The molecule has 24 heavy (non-hydrogen) atoms. The number of aromatic nitrogens is 2. The highest BCUT2D eigenvalue weighted by Gasteiger charge is 2.15. The molecule has 7 heteroatoms. The Bertz CT molecular complexity index is 637. The van der Waals surface area contributed by atoms with E-state index >= 15 is 0 Å². The Labute approximate surface area is 146 Å². The van der Waals surface area contributed by atoms with Gasteiger partial charge in [0.15, 0.2) is 0 Å². The van der Waals surface area contributed by atoms with Gasteiger partial charge in [-0.15, -0.1) is 10.2 Å². The third-order valence-corrected chi connectivity index (χ3v) is 4.21. The highest BCUT2D eigenvalue weighted by Crippen LogP contribution is 2.25. The zero-order valence-electron chi connectivity index (χ0n) is 14.3. The van der Waals surface area contributed by atoms with Crippen LogP contribution in [0.4, 0.5) is 0 Å². The lowest BCUT2D eigenvalue weighted by molar-refractivity contribution is -0.128. The standard InChI is InChI=1S/C17H23N3O3S/c1-4-10-20(11-5-2)15(21)12-24-17-19-18-16(23-17)13-6-8-14(22-3)9-7-13/h6-9H,4-5,10-12H2,1-3H3. The summed E-state index contributed by atoms with van der Waals surface area (Å²) < 4.78 is 10.7. The number of hydrogen-bond donors (Lipinski definition) is 0. The summed E-state index contributed by atoms with van der Waals surface area (Å²) in [7, 11) is 1.62. The van der Waals surface area contributed by atoms with Gasteiger partial charge in [-0.25, -0.2) is 0 Å². The van der Waals surface area contributed by atoms with Gasteiger partial charge in [0.25, 0.3) is 5.22 Å². The van der Waals surface area contributed by atoms with Gasteiger partial charge in [-0.2, -0.15) is 0 Å². The van der Waals surface area contributed by atoms with Crippen molar-refractivity contribution in [3.05, 3.63) is 24.3 Å². The highest BCUT2D eigenvalue weighted by molar-refractivity contribution is 7.99. The summed E-state index contributed by atoms with van der Waals surface area (Å²) in [6, 6.07) is 7.39. The Balaban J connectivity index is 1.94. The molecular formula is C17H23N3O3S. The van der Waals surface area contributed by atoms with E-state index in [2.05, 4.69) is 24.0 Å². The largest absolute Gasteiger partial charge is 0.497 e. The number of nitrogens with zero attached hydrogens (tertiary/aromatic N) is 3. The lowest BCUT2D eigenvalue weighted by Gasteiger charge is -2.20. The van der Waals surface area contributed by atoms with Crippen molar-refractivity contribution in [2.24, 2.45) is 0 Å². The van der Waals surface area contributed by atoms with Crippen molar-refractivity contribution in [1.29, 1.82) is 0 Å². The van der Waals surface area contributed by atoms with E-state index in [1.54, 1.807) is 7.11 Å². The fraction of sp³-hybridized carbons (Fsp3) is 0.471. The molecule has 1 amide bonds. The van der Waals surface area contributed by atoms with Crippen LogP contribution < -0.4 is 4.74 Å². The molecule has 2 aromatic rings. The van der Waals surface area contributed by atoms with Gasteiger partial charge in [0, 0.05) is 18.7 Å². The molecule has 0 saturated heterocycles.